The number of hydrogen-bond acceptors (Lipinski definition) is 15. The molecule has 0 aliphatic rings. The summed E-state index contributed by atoms with van der Waals surface area (Å²) in [5.41, 5.74) is 13.1. The molecule has 106 heavy (non-hydrogen) atoms. The van der Waals surface area contributed by atoms with Crippen molar-refractivity contribution in [1.29, 1.82) is 0 Å². The SMILES string of the molecule is COc1ccc(-c2cc(OC)c(-c3ccc(OC)cc3)c(-c3ccc(OC)cc3)c2OC)cc1.COc1ccc(C)cc1.COc1ccc(Cc2ccc(OC)cc2)cc1.COc1ccc(OC)cc1.COc1ccc(OC)cc1.COc1ccccc1C.COc1ccccc1Cc1ccccc1OC. The predicted octanol–water partition coefficient (Wildman–Crippen LogP) is 20.7. The molecular formula is C91H100O15. The number of methoxy groups -OCH3 is 15. The molecule has 0 radical (unpaired) electrons. The van der Waals surface area contributed by atoms with Crippen molar-refractivity contribution < 1.29 is 71.1 Å². The Labute approximate surface area is 627 Å². The minimum Gasteiger partial charge on any atom is -0.497 e. The summed E-state index contributed by atoms with van der Waals surface area (Å²) in [7, 11) is 25.0. The highest BCUT2D eigenvalue weighted by Gasteiger charge is 2.24. The maximum atomic E-state index is 6.06. The van der Waals surface area contributed by atoms with Gasteiger partial charge in [0.15, 0.2) is 0 Å². The molecule has 15 heteroatoms. The zero-order valence-electron chi connectivity index (χ0n) is 64.0. The lowest BCUT2D eigenvalue weighted by Gasteiger charge is -2.22. The third-order valence-corrected chi connectivity index (χ3v) is 16.5. The largest absolute Gasteiger partial charge is 0.497 e. The van der Waals surface area contributed by atoms with Crippen molar-refractivity contribution in [1.82, 2.24) is 0 Å². The van der Waals surface area contributed by atoms with Crippen LogP contribution in [0.25, 0.3) is 33.4 Å². The molecule has 15 nitrogen and oxygen atoms in total. The van der Waals surface area contributed by atoms with Gasteiger partial charge in [-0.3, -0.25) is 0 Å². The van der Waals surface area contributed by atoms with Gasteiger partial charge in [0, 0.05) is 23.1 Å². The van der Waals surface area contributed by atoms with Crippen molar-refractivity contribution in [2.75, 3.05) is 107 Å². The van der Waals surface area contributed by atoms with Gasteiger partial charge in [-0.25, -0.2) is 0 Å². The highest BCUT2D eigenvalue weighted by Crippen LogP contribution is 2.51. The zero-order chi connectivity index (χ0) is 76.4. The van der Waals surface area contributed by atoms with E-state index in [1.807, 2.05) is 244 Å². The van der Waals surface area contributed by atoms with Gasteiger partial charge >= 0.3 is 0 Å². The summed E-state index contributed by atoms with van der Waals surface area (Å²) in [4.78, 5) is 0. The monoisotopic (exact) mass is 1430 g/mol. The second-order valence-corrected chi connectivity index (χ2v) is 23.0. The Kier molecular flexibility index (Phi) is 35.5. The molecule has 0 aliphatic heterocycles. The second-order valence-electron chi connectivity index (χ2n) is 23.0. The highest BCUT2D eigenvalue weighted by atomic mass is 16.5. The van der Waals surface area contributed by atoms with E-state index in [4.69, 9.17) is 71.1 Å². The van der Waals surface area contributed by atoms with Gasteiger partial charge in [-0.05, 0) is 210 Å². The minimum atomic E-state index is 0.739. The van der Waals surface area contributed by atoms with Crippen molar-refractivity contribution in [2.45, 2.75) is 26.7 Å². The van der Waals surface area contributed by atoms with Crippen molar-refractivity contribution >= 4 is 0 Å². The molecule has 12 aromatic carbocycles. The fourth-order valence-corrected chi connectivity index (χ4v) is 10.6. The van der Waals surface area contributed by atoms with Gasteiger partial charge in [0.2, 0.25) is 0 Å². The molecular weight excluding hydrogens is 1330 g/mol. The van der Waals surface area contributed by atoms with E-state index in [2.05, 4.69) is 43.3 Å². The zero-order valence-corrected chi connectivity index (χ0v) is 64.0. The van der Waals surface area contributed by atoms with E-state index in [0.29, 0.717) is 0 Å². The van der Waals surface area contributed by atoms with E-state index in [1.54, 1.807) is 107 Å². The molecule has 554 valence electrons. The molecule has 0 saturated carbocycles. The molecule has 0 spiro atoms. The van der Waals surface area contributed by atoms with Crippen LogP contribution in [-0.2, 0) is 12.8 Å². The lowest BCUT2D eigenvalue weighted by Crippen LogP contribution is -1.99. The Morgan fingerprint density at radius 3 is 0.764 bits per heavy atom. The molecule has 0 aromatic heterocycles. The van der Waals surface area contributed by atoms with Crippen LogP contribution in [0, 0.1) is 13.8 Å². The van der Waals surface area contributed by atoms with Crippen LogP contribution >= 0.6 is 0 Å². The van der Waals surface area contributed by atoms with Crippen LogP contribution in [0.3, 0.4) is 0 Å². The molecule has 0 amide bonds. The van der Waals surface area contributed by atoms with E-state index < -0.39 is 0 Å². The molecule has 0 heterocycles. The summed E-state index contributed by atoms with van der Waals surface area (Å²) in [5.74, 6) is 12.7. The summed E-state index contributed by atoms with van der Waals surface area (Å²) < 4.78 is 78.9. The lowest BCUT2D eigenvalue weighted by molar-refractivity contribution is 0.403. The lowest BCUT2D eigenvalue weighted by atomic mass is 9.88. The Morgan fingerprint density at radius 2 is 0.472 bits per heavy atom. The van der Waals surface area contributed by atoms with Crippen molar-refractivity contribution in [3.05, 3.63) is 306 Å². The first kappa shape index (κ1) is 82.6. The molecule has 0 aliphatic carbocycles. The quantitative estimate of drug-likeness (QED) is 0.0635. The summed E-state index contributed by atoms with van der Waals surface area (Å²) >= 11 is 0. The fraction of sp³-hybridized carbons (Fsp3) is 0.209. The molecule has 12 rings (SSSR count). The first-order valence-electron chi connectivity index (χ1n) is 34.0. The van der Waals surface area contributed by atoms with E-state index >= 15 is 0 Å². The Bertz CT molecular complexity index is 4230. The smallest absolute Gasteiger partial charge is 0.135 e. The van der Waals surface area contributed by atoms with E-state index in [0.717, 1.165) is 132 Å². The van der Waals surface area contributed by atoms with Gasteiger partial charge in [-0.15, -0.1) is 0 Å². The van der Waals surface area contributed by atoms with Crippen LogP contribution in [0.4, 0.5) is 0 Å². The van der Waals surface area contributed by atoms with Gasteiger partial charge < -0.3 is 71.1 Å². The predicted molar refractivity (Wildman–Crippen MR) is 428 cm³/mol. The molecule has 0 saturated heterocycles. The number of benzene rings is 12. The number of aryl methyl sites for hydroxylation is 2. The fourth-order valence-electron chi connectivity index (χ4n) is 10.6. The third kappa shape index (κ3) is 25.9. The average molecular weight is 1430 g/mol. The molecule has 12 aromatic rings. The van der Waals surface area contributed by atoms with Crippen LogP contribution in [0.15, 0.2) is 273 Å². The normalized spacial score (nSPS) is 9.82. The van der Waals surface area contributed by atoms with Crippen molar-refractivity contribution in [3.63, 3.8) is 0 Å². The highest BCUT2D eigenvalue weighted by molar-refractivity contribution is 5.97. The van der Waals surface area contributed by atoms with Gasteiger partial charge in [0.05, 0.1) is 107 Å². The van der Waals surface area contributed by atoms with Crippen molar-refractivity contribution in [3.8, 4) is 120 Å². The van der Waals surface area contributed by atoms with E-state index in [-0.39, 0.29) is 0 Å². The number of ether oxygens (including phenoxy) is 15. The molecule has 0 fully saturated rings. The Hall–Kier alpha value is -12.4. The van der Waals surface area contributed by atoms with Crippen LogP contribution in [0.5, 0.6) is 86.2 Å². The minimum absolute atomic E-state index is 0.739. The van der Waals surface area contributed by atoms with Gasteiger partial charge in [0.25, 0.3) is 0 Å². The van der Waals surface area contributed by atoms with E-state index in [1.165, 1.54) is 33.4 Å². The maximum Gasteiger partial charge on any atom is 0.135 e. The Morgan fingerprint density at radius 1 is 0.208 bits per heavy atom. The van der Waals surface area contributed by atoms with Gasteiger partial charge in [-0.1, -0.05) is 133 Å². The first-order valence-corrected chi connectivity index (χ1v) is 34.0. The molecule has 0 bridgehead atoms. The number of rotatable bonds is 22. The number of hydrogen-bond donors (Lipinski definition) is 0. The van der Waals surface area contributed by atoms with Crippen LogP contribution in [0.1, 0.15) is 33.4 Å². The first-order chi connectivity index (χ1) is 51.7. The van der Waals surface area contributed by atoms with Crippen molar-refractivity contribution in [2.24, 2.45) is 0 Å². The average Bonchev–Trinajstić information content (AvgIpc) is 0.753. The second kappa shape index (κ2) is 45.6. The van der Waals surface area contributed by atoms with Gasteiger partial charge in [0.1, 0.15) is 86.2 Å². The molecule has 0 N–H and O–H groups in total. The van der Waals surface area contributed by atoms with Crippen LogP contribution < -0.4 is 71.1 Å². The van der Waals surface area contributed by atoms with E-state index in [9.17, 15) is 0 Å². The molecule has 0 atom stereocenters. The van der Waals surface area contributed by atoms with Gasteiger partial charge in [-0.2, -0.15) is 0 Å². The summed E-state index contributed by atoms with van der Waals surface area (Å²) in [6.07, 6.45) is 1.74. The molecule has 0 unspecified atom stereocenters. The van der Waals surface area contributed by atoms with Crippen LogP contribution in [0.2, 0.25) is 0 Å². The van der Waals surface area contributed by atoms with Crippen LogP contribution in [-0.4, -0.2) is 107 Å². The number of para-hydroxylation sites is 3. The maximum absolute atomic E-state index is 6.06. The third-order valence-electron chi connectivity index (χ3n) is 16.5. The summed E-state index contributed by atoms with van der Waals surface area (Å²) in [5, 5.41) is 0. The summed E-state index contributed by atoms with van der Waals surface area (Å²) in [6, 6.07) is 89.0. The summed E-state index contributed by atoms with van der Waals surface area (Å²) in [6.45, 7) is 4.08. The standard InChI is InChI=1S/C29H28O5.2C15H16O2.2C8H10O2.2C8H10O/c1-30-22-12-6-19(7-13-22)25-18-26(33-4)27(20-8-14-23(31-2)15-9-20)28(29(25)34-5)21-10-16-24(32-3)17-11-21;1-16-14-7-3-12(4-8-14)11-13-5-9-15(17-2)10-6-13;1-16-14-9-5-3-7-12(14)11-13-8-4-6-10-15(13)17-2;2*1-9-7-3-5-8(10-2)6-4-7;1-7-3-5-8(9-2)6-4-7;1-7-5-3-4-6-8(7)9-2/h6-18H,1-5H3;2*3-10H,11H2,1-2H3;2*3-6H,1-2H3;2*3-6H,1-2H3. The topological polar surface area (TPSA) is 138 Å². The Balaban J connectivity index is 0.000000208.